The van der Waals surface area contributed by atoms with Crippen molar-refractivity contribution in [2.45, 2.75) is 30.4 Å². The molecular formula is C20H19N3O2S. The van der Waals surface area contributed by atoms with Crippen molar-refractivity contribution in [1.29, 1.82) is 0 Å². The molecule has 2 heterocycles. The Morgan fingerprint density at radius 3 is 2.88 bits per heavy atom. The van der Waals surface area contributed by atoms with Crippen LogP contribution in [0.2, 0.25) is 0 Å². The van der Waals surface area contributed by atoms with Crippen molar-refractivity contribution in [3.05, 3.63) is 70.3 Å². The van der Waals surface area contributed by atoms with E-state index in [2.05, 4.69) is 10.3 Å². The van der Waals surface area contributed by atoms with Crippen LogP contribution in [0.3, 0.4) is 0 Å². The predicted molar refractivity (Wildman–Crippen MR) is 104 cm³/mol. The Balaban J connectivity index is 1.54. The van der Waals surface area contributed by atoms with Crippen LogP contribution in [0.1, 0.15) is 24.1 Å². The van der Waals surface area contributed by atoms with Crippen LogP contribution in [0.4, 0.5) is 5.69 Å². The number of pyridine rings is 1. The van der Waals surface area contributed by atoms with Gasteiger partial charge in [-0.05, 0) is 43.5 Å². The standard InChI is InChI=1S/C20H19N3O2S/c1-13-6-9-18-21-15(10-19(24)23(18)11-13)12-26-17-5-3-2-4-16(17)22-20(25)14-7-8-14/h2-6,9-11,14H,7-8,12H2,1H3,(H,22,25). The van der Waals surface area contributed by atoms with Crippen LogP contribution in [-0.4, -0.2) is 15.3 Å². The lowest BCUT2D eigenvalue weighted by Crippen LogP contribution is -2.15. The van der Waals surface area contributed by atoms with E-state index in [1.807, 2.05) is 43.3 Å². The SMILES string of the molecule is Cc1ccc2nc(CSc3ccccc3NC(=O)C3CC3)cc(=O)n2c1. The van der Waals surface area contributed by atoms with Crippen LogP contribution < -0.4 is 10.9 Å². The number of hydrogen-bond acceptors (Lipinski definition) is 4. The molecule has 1 aliphatic carbocycles. The third kappa shape index (κ3) is 3.65. The molecule has 1 aliphatic rings. The number of fused-ring (bicyclic) bond motifs is 1. The zero-order valence-electron chi connectivity index (χ0n) is 14.4. The number of carbonyl (C=O) groups excluding carboxylic acids is 1. The Kier molecular flexibility index (Phi) is 4.51. The van der Waals surface area contributed by atoms with Crippen LogP contribution in [0.15, 0.2) is 58.4 Å². The quantitative estimate of drug-likeness (QED) is 0.701. The zero-order valence-corrected chi connectivity index (χ0v) is 15.3. The number of rotatable bonds is 5. The molecule has 132 valence electrons. The fourth-order valence-electron chi connectivity index (χ4n) is 2.76. The monoisotopic (exact) mass is 365 g/mol. The first-order valence-corrected chi connectivity index (χ1v) is 9.60. The summed E-state index contributed by atoms with van der Waals surface area (Å²) in [5.41, 5.74) is 3.14. The molecule has 0 spiro atoms. The molecule has 6 heteroatoms. The van der Waals surface area contributed by atoms with Crippen LogP contribution in [0.5, 0.6) is 0 Å². The van der Waals surface area contributed by atoms with Gasteiger partial charge in [-0.1, -0.05) is 18.2 Å². The minimum absolute atomic E-state index is 0.0791. The first-order chi connectivity index (χ1) is 12.6. The summed E-state index contributed by atoms with van der Waals surface area (Å²) in [5.74, 6) is 0.824. The summed E-state index contributed by atoms with van der Waals surface area (Å²) in [6.45, 7) is 1.95. The Morgan fingerprint density at radius 2 is 2.08 bits per heavy atom. The van der Waals surface area contributed by atoms with E-state index < -0.39 is 0 Å². The first-order valence-electron chi connectivity index (χ1n) is 8.62. The number of aryl methyl sites for hydroxylation is 1. The third-order valence-electron chi connectivity index (χ3n) is 4.33. The fourth-order valence-corrected chi connectivity index (χ4v) is 3.66. The Bertz CT molecular complexity index is 1040. The number of thioether (sulfide) groups is 1. The molecule has 0 aliphatic heterocycles. The number of aromatic nitrogens is 2. The lowest BCUT2D eigenvalue weighted by Gasteiger charge is -2.10. The van der Waals surface area contributed by atoms with Gasteiger partial charge in [-0.3, -0.25) is 14.0 Å². The number of nitrogens with zero attached hydrogens (tertiary/aromatic N) is 2. The van der Waals surface area contributed by atoms with Crippen LogP contribution in [-0.2, 0) is 10.5 Å². The summed E-state index contributed by atoms with van der Waals surface area (Å²) < 4.78 is 1.56. The maximum absolute atomic E-state index is 12.3. The average Bonchev–Trinajstić information content (AvgIpc) is 3.47. The van der Waals surface area contributed by atoms with Crippen LogP contribution in [0, 0.1) is 12.8 Å². The lowest BCUT2D eigenvalue weighted by atomic mass is 10.3. The van der Waals surface area contributed by atoms with E-state index in [1.54, 1.807) is 28.4 Å². The Labute approximate surface area is 155 Å². The highest BCUT2D eigenvalue weighted by Crippen LogP contribution is 2.33. The number of para-hydroxylation sites is 1. The molecule has 3 aromatic rings. The molecular weight excluding hydrogens is 346 g/mol. The topological polar surface area (TPSA) is 63.5 Å². The lowest BCUT2D eigenvalue weighted by molar-refractivity contribution is -0.117. The minimum atomic E-state index is -0.0791. The fraction of sp³-hybridized carbons (Fsp3) is 0.250. The maximum Gasteiger partial charge on any atom is 0.258 e. The number of nitrogens with one attached hydrogen (secondary N) is 1. The number of carbonyl (C=O) groups is 1. The molecule has 0 radical (unpaired) electrons. The highest BCUT2D eigenvalue weighted by Gasteiger charge is 2.29. The van der Waals surface area contributed by atoms with Gasteiger partial charge in [0, 0.05) is 28.8 Å². The van der Waals surface area contributed by atoms with Gasteiger partial charge in [-0.2, -0.15) is 0 Å². The van der Waals surface area contributed by atoms with E-state index in [1.165, 1.54) is 0 Å². The molecule has 26 heavy (non-hydrogen) atoms. The van der Waals surface area contributed by atoms with E-state index in [0.717, 1.165) is 34.7 Å². The molecule has 1 aromatic carbocycles. The van der Waals surface area contributed by atoms with Crippen molar-refractivity contribution in [3.63, 3.8) is 0 Å². The van der Waals surface area contributed by atoms with Gasteiger partial charge in [0.2, 0.25) is 5.91 Å². The summed E-state index contributed by atoms with van der Waals surface area (Å²) in [6.07, 6.45) is 3.75. The van der Waals surface area contributed by atoms with E-state index in [4.69, 9.17) is 0 Å². The van der Waals surface area contributed by atoms with E-state index >= 15 is 0 Å². The van der Waals surface area contributed by atoms with E-state index in [9.17, 15) is 9.59 Å². The second kappa shape index (κ2) is 6.96. The number of benzene rings is 1. The molecule has 1 fully saturated rings. The van der Waals surface area contributed by atoms with Gasteiger partial charge in [0.25, 0.3) is 5.56 Å². The average molecular weight is 365 g/mol. The summed E-state index contributed by atoms with van der Waals surface area (Å²) in [6, 6.07) is 13.1. The van der Waals surface area contributed by atoms with Crippen molar-refractivity contribution in [3.8, 4) is 0 Å². The van der Waals surface area contributed by atoms with Gasteiger partial charge >= 0.3 is 0 Å². The highest BCUT2D eigenvalue weighted by molar-refractivity contribution is 7.98. The summed E-state index contributed by atoms with van der Waals surface area (Å²) in [4.78, 5) is 29.9. The van der Waals surface area contributed by atoms with Crippen LogP contribution in [0.25, 0.3) is 5.65 Å². The smallest absolute Gasteiger partial charge is 0.258 e. The normalized spacial score (nSPS) is 13.7. The molecule has 0 unspecified atom stereocenters. The maximum atomic E-state index is 12.3. The second-order valence-electron chi connectivity index (χ2n) is 6.57. The minimum Gasteiger partial charge on any atom is -0.325 e. The molecule has 2 aromatic heterocycles. The summed E-state index contributed by atoms with van der Waals surface area (Å²) in [5, 5.41) is 3.01. The molecule has 1 saturated carbocycles. The molecule has 1 N–H and O–H groups in total. The predicted octanol–water partition coefficient (Wildman–Crippen LogP) is 3.64. The van der Waals surface area contributed by atoms with Gasteiger partial charge in [0.05, 0.1) is 11.4 Å². The largest absolute Gasteiger partial charge is 0.325 e. The van der Waals surface area contributed by atoms with E-state index in [-0.39, 0.29) is 17.4 Å². The third-order valence-corrected chi connectivity index (χ3v) is 5.44. The molecule has 0 bridgehead atoms. The second-order valence-corrected chi connectivity index (χ2v) is 7.59. The summed E-state index contributed by atoms with van der Waals surface area (Å²) in [7, 11) is 0. The summed E-state index contributed by atoms with van der Waals surface area (Å²) >= 11 is 1.57. The van der Waals surface area contributed by atoms with Crippen molar-refractivity contribution >= 4 is 29.0 Å². The van der Waals surface area contributed by atoms with Gasteiger partial charge in [0.1, 0.15) is 5.65 Å². The van der Waals surface area contributed by atoms with Gasteiger partial charge in [-0.25, -0.2) is 4.98 Å². The number of anilines is 1. The van der Waals surface area contributed by atoms with E-state index in [0.29, 0.717) is 11.4 Å². The number of amides is 1. The van der Waals surface area contributed by atoms with Crippen molar-refractivity contribution in [2.24, 2.45) is 5.92 Å². The Morgan fingerprint density at radius 1 is 1.27 bits per heavy atom. The molecule has 0 atom stereocenters. The molecule has 0 saturated heterocycles. The van der Waals surface area contributed by atoms with Crippen molar-refractivity contribution in [2.75, 3.05) is 5.32 Å². The Hall–Kier alpha value is -2.60. The van der Waals surface area contributed by atoms with Crippen molar-refractivity contribution < 1.29 is 4.79 Å². The van der Waals surface area contributed by atoms with Gasteiger partial charge in [-0.15, -0.1) is 11.8 Å². The van der Waals surface area contributed by atoms with Crippen LogP contribution >= 0.6 is 11.8 Å². The molecule has 5 nitrogen and oxygen atoms in total. The molecule has 1 amide bonds. The first kappa shape index (κ1) is 16.8. The zero-order chi connectivity index (χ0) is 18.1. The van der Waals surface area contributed by atoms with Gasteiger partial charge < -0.3 is 5.32 Å². The molecule has 4 rings (SSSR count). The highest BCUT2D eigenvalue weighted by atomic mass is 32.2. The van der Waals surface area contributed by atoms with Gasteiger partial charge in [0.15, 0.2) is 0 Å². The number of hydrogen-bond donors (Lipinski definition) is 1. The van der Waals surface area contributed by atoms with Crippen molar-refractivity contribution in [1.82, 2.24) is 9.38 Å².